The van der Waals surface area contributed by atoms with Gasteiger partial charge in [-0.2, -0.15) is 0 Å². The summed E-state index contributed by atoms with van der Waals surface area (Å²) in [6.07, 6.45) is 3.47. The second-order valence-electron chi connectivity index (χ2n) is 14.0. The number of hydrogen-bond donors (Lipinski definition) is 0. The molecule has 4 heterocycles. The Hall–Kier alpha value is -5.87. The average molecular weight is 648 g/mol. The minimum absolute atomic E-state index is 0.151. The van der Waals surface area contributed by atoms with Crippen molar-refractivity contribution in [3.05, 3.63) is 174 Å². The van der Waals surface area contributed by atoms with Gasteiger partial charge >= 0.3 is 0 Å². The number of fused-ring (bicyclic) bond motifs is 13. The summed E-state index contributed by atoms with van der Waals surface area (Å²) in [6, 6.07) is 41.7. The predicted molar refractivity (Wildman–Crippen MR) is 208 cm³/mol. The maximum Gasteiger partial charge on any atom is 0.142 e. The lowest BCUT2D eigenvalue weighted by molar-refractivity contribution is 0.531. The highest BCUT2D eigenvalue weighted by molar-refractivity contribution is 6.11. The van der Waals surface area contributed by atoms with Crippen molar-refractivity contribution in [2.45, 2.75) is 44.8 Å². The number of nitrogens with zero attached hydrogens (tertiary/aromatic N) is 3. The van der Waals surface area contributed by atoms with Crippen molar-refractivity contribution < 1.29 is 4.42 Å². The number of aliphatic imine (C=N–C) groups is 1. The van der Waals surface area contributed by atoms with Crippen molar-refractivity contribution in [2.75, 3.05) is 9.80 Å². The number of rotatable bonds is 2. The molecule has 0 saturated carbocycles. The molecule has 3 unspecified atom stereocenters. The fraction of sp³-hybridized carbons (Fsp3) is 0.152. The van der Waals surface area contributed by atoms with E-state index in [-0.39, 0.29) is 18.1 Å². The van der Waals surface area contributed by atoms with Gasteiger partial charge in [-0.1, -0.05) is 110 Å². The van der Waals surface area contributed by atoms with E-state index in [0.29, 0.717) is 0 Å². The third-order valence-corrected chi connectivity index (χ3v) is 11.3. The quantitative estimate of drug-likeness (QED) is 0.187. The van der Waals surface area contributed by atoms with Gasteiger partial charge in [0.1, 0.15) is 17.3 Å². The molecule has 0 N–H and O–H groups in total. The van der Waals surface area contributed by atoms with Crippen LogP contribution < -0.4 is 9.80 Å². The molecule has 0 aliphatic carbocycles. The molecule has 10 rings (SSSR count). The van der Waals surface area contributed by atoms with E-state index < -0.39 is 0 Å². The standard InChI is InChI=1S/C46H37N3O/c1-5-38-34-18-9-8-17-33(34)36-23-21-30-22-24-37-35-19-10-11-20-41(35)50-45(37)42(30)46-48(29(4)43(36)47-38)39-25-31-15-6-7-16-32(31)26-40(39)49(46)44-27(2)13-12-14-28(44)3/h5-20,22,24-26,36,43,46H,1,4,21,23H2,2-3H3. The van der Waals surface area contributed by atoms with Crippen molar-refractivity contribution in [1.82, 2.24) is 0 Å². The zero-order chi connectivity index (χ0) is 33.7. The van der Waals surface area contributed by atoms with E-state index in [0.717, 1.165) is 57.6 Å². The second-order valence-corrected chi connectivity index (χ2v) is 14.0. The minimum Gasteiger partial charge on any atom is -0.456 e. The normalized spacial score (nSPS) is 19.6. The first-order valence-corrected chi connectivity index (χ1v) is 17.6. The topological polar surface area (TPSA) is 32.0 Å². The predicted octanol–water partition coefficient (Wildman–Crippen LogP) is 11.6. The van der Waals surface area contributed by atoms with Crippen LogP contribution in [-0.2, 0) is 6.42 Å². The summed E-state index contributed by atoms with van der Waals surface area (Å²) in [5.41, 5.74) is 14.7. The molecular weight excluding hydrogens is 611 g/mol. The van der Waals surface area contributed by atoms with Crippen LogP contribution in [0.1, 0.15) is 51.9 Å². The van der Waals surface area contributed by atoms with Crippen molar-refractivity contribution >= 4 is 55.5 Å². The molecule has 4 nitrogen and oxygen atoms in total. The Morgan fingerprint density at radius 1 is 0.760 bits per heavy atom. The summed E-state index contributed by atoms with van der Waals surface area (Å²) in [4.78, 5) is 10.6. The Kier molecular flexibility index (Phi) is 6.29. The molecule has 0 bridgehead atoms. The SMILES string of the molecule is C=CC1=NC2C(=C)N3c4cc5ccccc5cc4N(c4c(C)cccc4C)C3c3c(ccc4c3oc3ccccc34)CCC2c2ccccc21. The Morgan fingerprint density at radius 3 is 2.24 bits per heavy atom. The van der Waals surface area contributed by atoms with Gasteiger partial charge in [-0.3, -0.25) is 4.99 Å². The Balaban J connectivity index is 1.34. The van der Waals surface area contributed by atoms with Crippen molar-refractivity contribution in [2.24, 2.45) is 4.99 Å². The third kappa shape index (κ3) is 4.02. The molecule has 0 saturated heterocycles. The van der Waals surface area contributed by atoms with Crippen LogP contribution in [0.5, 0.6) is 0 Å². The van der Waals surface area contributed by atoms with Crippen LogP contribution in [0, 0.1) is 13.8 Å². The molecular formula is C46H37N3O. The number of benzene rings is 6. The van der Waals surface area contributed by atoms with Gasteiger partial charge in [0, 0.05) is 39.2 Å². The van der Waals surface area contributed by atoms with Gasteiger partial charge in [-0.05, 0) is 84.0 Å². The number of furan rings is 1. The fourth-order valence-electron chi connectivity index (χ4n) is 9.10. The number of para-hydroxylation sites is 2. The zero-order valence-corrected chi connectivity index (χ0v) is 28.4. The summed E-state index contributed by atoms with van der Waals surface area (Å²) in [7, 11) is 0. The molecule has 0 fully saturated rings. The van der Waals surface area contributed by atoms with Gasteiger partial charge in [-0.15, -0.1) is 0 Å². The molecule has 3 aliphatic rings. The van der Waals surface area contributed by atoms with Gasteiger partial charge in [0.2, 0.25) is 0 Å². The summed E-state index contributed by atoms with van der Waals surface area (Å²) < 4.78 is 6.94. The molecule has 6 aromatic carbocycles. The monoisotopic (exact) mass is 647 g/mol. The largest absolute Gasteiger partial charge is 0.456 e. The number of anilines is 3. The lowest BCUT2D eigenvalue weighted by Gasteiger charge is -2.39. The molecule has 0 amide bonds. The van der Waals surface area contributed by atoms with Crippen LogP contribution in [0.4, 0.5) is 17.1 Å². The van der Waals surface area contributed by atoms with Crippen LogP contribution in [-0.4, -0.2) is 11.8 Å². The maximum absolute atomic E-state index is 6.94. The van der Waals surface area contributed by atoms with E-state index in [2.05, 4.69) is 145 Å². The van der Waals surface area contributed by atoms with Crippen molar-refractivity contribution in [1.29, 1.82) is 0 Å². The molecule has 7 aromatic rings. The molecule has 4 heteroatoms. The lowest BCUT2D eigenvalue weighted by Crippen LogP contribution is -2.39. The van der Waals surface area contributed by atoms with Crippen LogP contribution in [0.3, 0.4) is 0 Å². The van der Waals surface area contributed by atoms with Gasteiger partial charge < -0.3 is 14.2 Å². The van der Waals surface area contributed by atoms with E-state index in [1.54, 1.807) is 0 Å². The number of hydrogen-bond acceptors (Lipinski definition) is 4. The third-order valence-electron chi connectivity index (χ3n) is 11.3. The lowest BCUT2D eigenvalue weighted by atomic mass is 9.79. The van der Waals surface area contributed by atoms with Crippen LogP contribution in [0.25, 0.3) is 32.7 Å². The smallest absolute Gasteiger partial charge is 0.142 e. The summed E-state index contributed by atoms with van der Waals surface area (Å²) >= 11 is 0. The van der Waals surface area contributed by atoms with Gasteiger partial charge in [-0.25, -0.2) is 0 Å². The number of allylic oxidation sites excluding steroid dienone is 1. The minimum atomic E-state index is -0.258. The van der Waals surface area contributed by atoms with Gasteiger partial charge in [0.15, 0.2) is 0 Å². The van der Waals surface area contributed by atoms with E-state index in [9.17, 15) is 0 Å². The molecule has 50 heavy (non-hydrogen) atoms. The molecule has 3 atom stereocenters. The Morgan fingerprint density at radius 2 is 1.46 bits per heavy atom. The van der Waals surface area contributed by atoms with E-state index >= 15 is 0 Å². The summed E-state index contributed by atoms with van der Waals surface area (Å²) in [5, 5.41) is 4.68. The van der Waals surface area contributed by atoms with Gasteiger partial charge in [0.25, 0.3) is 0 Å². The average Bonchev–Trinajstić information content (AvgIpc) is 3.68. The zero-order valence-electron chi connectivity index (χ0n) is 28.4. The van der Waals surface area contributed by atoms with Crippen LogP contribution in [0.2, 0.25) is 0 Å². The fourth-order valence-corrected chi connectivity index (χ4v) is 9.10. The molecule has 1 aromatic heterocycles. The second kappa shape index (κ2) is 10.8. The van der Waals surface area contributed by atoms with E-state index in [4.69, 9.17) is 16.0 Å². The highest BCUT2D eigenvalue weighted by Gasteiger charge is 2.47. The first-order valence-electron chi connectivity index (χ1n) is 17.6. The van der Waals surface area contributed by atoms with Gasteiger partial charge in [0.05, 0.1) is 23.1 Å². The number of aryl methyl sites for hydroxylation is 3. The Labute approximate surface area is 292 Å². The molecule has 0 radical (unpaired) electrons. The highest BCUT2D eigenvalue weighted by atomic mass is 16.3. The molecule has 242 valence electrons. The molecule has 0 spiro atoms. The summed E-state index contributed by atoms with van der Waals surface area (Å²) in [5.74, 6) is 0.151. The van der Waals surface area contributed by atoms with E-state index in [1.807, 2.05) is 6.08 Å². The van der Waals surface area contributed by atoms with Crippen LogP contribution in [0.15, 0.2) is 150 Å². The molecule has 3 aliphatic heterocycles. The maximum atomic E-state index is 6.94. The first kappa shape index (κ1) is 29.1. The first-order chi connectivity index (χ1) is 24.5. The van der Waals surface area contributed by atoms with E-state index in [1.165, 1.54) is 49.8 Å². The van der Waals surface area contributed by atoms with Crippen LogP contribution >= 0.6 is 0 Å². The van der Waals surface area contributed by atoms with Crippen molar-refractivity contribution in [3.63, 3.8) is 0 Å². The highest BCUT2D eigenvalue weighted by Crippen LogP contribution is 2.58. The van der Waals surface area contributed by atoms with Crippen molar-refractivity contribution in [3.8, 4) is 0 Å². The Bertz CT molecular complexity index is 2590. The summed E-state index contributed by atoms with van der Waals surface area (Å²) in [6.45, 7) is 13.7.